The van der Waals surface area contributed by atoms with E-state index in [1.165, 1.54) is 15.9 Å². The summed E-state index contributed by atoms with van der Waals surface area (Å²) in [7, 11) is 0. The SMILES string of the molecule is N#CCn1c(=O)c2cccnc2s/c1=N\c1ccc(Cl)cc1. The van der Waals surface area contributed by atoms with E-state index in [4.69, 9.17) is 16.9 Å². The molecule has 0 aliphatic rings. The Bertz CT molecular complexity index is 999. The molecule has 7 heteroatoms. The first-order valence-corrected chi connectivity index (χ1v) is 7.54. The number of nitrogens with zero attached hydrogens (tertiary/aromatic N) is 4. The van der Waals surface area contributed by atoms with Crippen LogP contribution in [-0.2, 0) is 6.54 Å². The van der Waals surface area contributed by atoms with Crippen LogP contribution in [0.1, 0.15) is 0 Å². The van der Waals surface area contributed by atoms with Crippen molar-refractivity contribution in [2.75, 3.05) is 0 Å². The summed E-state index contributed by atoms with van der Waals surface area (Å²) in [4.78, 5) is 22.1. The minimum Gasteiger partial charge on any atom is -0.270 e. The van der Waals surface area contributed by atoms with Crippen molar-refractivity contribution >= 4 is 38.8 Å². The monoisotopic (exact) mass is 328 g/mol. The van der Waals surface area contributed by atoms with E-state index in [0.717, 1.165) is 0 Å². The highest BCUT2D eigenvalue weighted by molar-refractivity contribution is 7.15. The van der Waals surface area contributed by atoms with Crippen LogP contribution in [0.25, 0.3) is 10.2 Å². The third kappa shape index (κ3) is 2.77. The maximum Gasteiger partial charge on any atom is 0.264 e. The largest absolute Gasteiger partial charge is 0.270 e. The average molecular weight is 329 g/mol. The number of rotatable bonds is 2. The zero-order chi connectivity index (χ0) is 15.5. The highest BCUT2D eigenvalue weighted by Gasteiger charge is 2.07. The minimum absolute atomic E-state index is 0.0629. The van der Waals surface area contributed by atoms with E-state index >= 15 is 0 Å². The molecule has 22 heavy (non-hydrogen) atoms. The van der Waals surface area contributed by atoms with Gasteiger partial charge in [0.05, 0.1) is 17.1 Å². The number of fused-ring (bicyclic) bond motifs is 1. The van der Waals surface area contributed by atoms with Gasteiger partial charge in [-0.05, 0) is 36.4 Å². The molecule has 2 aromatic heterocycles. The lowest BCUT2D eigenvalue weighted by molar-refractivity contribution is 0.766. The van der Waals surface area contributed by atoms with Gasteiger partial charge in [-0.25, -0.2) is 9.98 Å². The molecule has 1 aromatic carbocycles. The second-order valence-corrected chi connectivity index (χ2v) is 5.77. The number of pyridine rings is 1. The van der Waals surface area contributed by atoms with Crippen molar-refractivity contribution in [2.24, 2.45) is 4.99 Å². The first-order chi connectivity index (χ1) is 10.7. The molecule has 0 saturated heterocycles. The van der Waals surface area contributed by atoms with Gasteiger partial charge in [0.1, 0.15) is 11.4 Å². The molecule has 0 atom stereocenters. The van der Waals surface area contributed by atoms with E-state index in [2.05, 4.69) is 9.98 Å². The second-order valence-electron chi connectivity index (χ2n) is 4.38. The molecular formula is C15H9ClN4OS. The number of nitriles is 1. The van der Waals surface area contributed by atoms with Gasteiger partial charge < -0.3 is 0 Å². The quantitative estimate of drug-likeness (QED) is 0.726. The van der Waals surface area contributed by atoms with Crippen LogP contribution < -0.4 is 10.4 Å². The number of benzene rings is 1. The van der Waals surface area contributed by atoms with E-state index < -0.39 is 0 Å². The molecule has 0 bridgehead atoms. The molecule has 0 spiro atoms. The van der Waals surface area contributed by atoms with E-state index in [-0.39, 0.29) is 12.1 Å². The van der Waals surface area contributed by atoms with Gasteiger partial charge in [-0.15, -0.1) is 0 Å². The van der Waals surface area contributed by atoms with Crippen molar-refractivity contribution in [3.8, 4) is 6.07 Å². The Hall–Kier alpha value is -2.49. The van der Waals surface area contributed by atoms with Crippen molar-refractivity contribution in [1.82, 2.24) is 9.55 Å². The van der Waals surface area contributed by atoms with Crippen LogP contribution in [0.3, 0.4) is 0 Å². The van der Waals surface area contributed by atoms with Gasteiger partial charge in [-0.1, -0.05) is 22.9 Å². The first kappa shape index (κ1) is 14.4. The standard InChI is InChI=1S/C15H9ClN4OS/c16-10-3-5-11(6-4-10)19-15-20(9-7-17)14(21)12-2-1-8-18-13(12)22-15/h1-6,8H,9H2/b19-15-. The molecule has 0 radical (unpaired) electrons. The van der Waals surface area contributed by atoms with Crippen LogP contribution in [-0.4, -0.2) is 9.55 Å². The second kappa shape index (κ2) is 6.10. The molecule has 0 aliphatic carbocycles. The summed E-state index contributed by atoms with van der Waals surface area (Å²) in [6, 6.07) is 12.3. The zero-order valence-corrected chi connectivity index (χ0v) is 12.8. The zero-order valence-electron chi connectivity index (χ0n) is 11.2. The predicted molar refractivity (Wildman–Crippen MR) is 86.2 cm³/mol. The molecule has 3 aromatic rings. The molecule has 0 amide bonds. The maximum atomic E-state index is 12.5. The van der Waals surface area contributed by atoms with E-state index in [0.29, 0.717) is 25.7 Å². The topological polar surface area (TPSA) is 71.0 Å². The van der Waals surface area contributed by atoms with Gasteiger partial charge in [0.15, 0.2) is 4.80 Å². The van der Waals surface area contributed by atoms with Crippen molar-refractivity contribution in [1.29, 1.82) is 5.26 Å². The van der Waals surface area contributed by atoms with Crippen LogP contribution in [0.2, 0.25) is 5.02 Å². The normalized spacial score (nSPS) is 11.5. The molecule has 0 N–H and O–H groups in total. The van der Waals surface area contributed by atoms with E-state index in [9.17, 15) is 4.79 Å². The van der Waals surface area contributed by atoms with Crippen LogP contribution >= 0.6 is 22.9 Å². The van der Waals surface area contributed by atoms with Crippen LogP contribution in [0.4, 0.5) is 5.69 Å². The Balaban J connectivity index is 2.32. The molecule has 5 nitrogen and oxygen atoms in total. The van der Waals surface area contributed by atoms with Crippen molar-refractivity contribution in [3.05, 3.63) is 62.8 Å². The fraction of sp³-hybridized carbons (Fsp3) is 0.0667. The van der Waals surface area contributed by atoms with Gasteiger partial charge >= 0.3 is 0 Å². The van der Waals surface area contributed by atoms with Crippen LogP contribution in [0, 0.1) is 11.3 Å². The average Bonchev–Trinajstić information content (AvgIpc) is 2.53. The summed E-state index contributed by atoms with van der Waals surface area (Å²) in [6.07, 6.45) is 1.62. The minimum atomic E-state index is -0.267. The van der Waals surface area contributed by atoms with Gasteiger partial charge in [0, 0.05) is 11.2 Å². The summed E-state index contributed by atoms with van der Waals surface area (Å²) in [5, 5.41) is 10.1. The molecule has 0 unspecified atom stereocenters. The molecule has 0 saturated carbocycles. The van der Waals surface area contributed by atoms with Crippen molar-refractivity contribution in [3.63, 3.8) is 0 Å². The Kier molecular flexibility index (Phi) is 4.00. The predicted octanol–water partition coefficient (Wildman–Crippen LogP) is 2.87. The third-order valence-corrected chi connectivity index (χ3v) is 4.21. The lowest BCUT2D eigenvalue weighted by Crippen LogP contribution is -2.31. The van der Waals surface area contributed by atoms with Crippen molar-refractivity contribution < 1.29 is 0 Å². The molecular weight excluding hydrogens is 320 g/mol. The summed E-state index contributed by atoms with van der Waals surface area (Å²) >= 11 is 7.12. The van der Waals surface area contributed by atoms with Gasteiger partial charge in [0.25, 0.3) is 5.56 Å². The number of aromatic nitrogens is 2. The van der Waals surface area contributed by atoms with Crippen LogP contribution in [0.15, 0.2) is 52.4 Å². The highest BCUT2D eigenvalue weighted by atomic mass is 35.5. The first-order valence-electron chi connectivity index (χ1n) is 6.35. The summed E-state index contributed by atoms with van der Waals surface area (Å²) < 4.78 is 1.35. The fourth-order valence-corrected chi connectivity index (χ4v) is 3.01. The van der Waals surface area contributed by atoms with Crippen LogP contribution in [0.5, 0.6) is 0 Å². The van der Waals surface area contributed by atoms with Gasteiger partial charge in [-0.2, -0.15) is 5.26 Å². The number of hydrogen-bond donors (Lipinski definition) is 0. The molecule has 0 fully saturated rings. The van der Waals surface area contributed by atoms with Crippen molar-refractivity contribution in [2.45, 2.75) is 6.54 Å². The lowest BCUT2D eigenvalue weighted by Gasteiger charge is -2.03. The highest BCUT2D eigenvalue weighted by Crippen LogP contribution is 2.16. The fourth-order valence-electron chi connectivity index (χ4n) is 1.93. The smallest absolute Gasteiger partial charge is 0.264 e. The molecule has 3 rings (SSSR count). The molecule has 2 heterocycles. The lowest BCUT2D eigenvalue weighted by atomic mass is 10.3. The Morgan fingerprint density at radius 3 is 2.82 bits per heavy atom. The molecule has 0 aliphatic heterocycles. The number of hydrogen-bond acceptors (Lipinski definition) is 5. The Morgan fingerprint density at radius 1 is 1.32 bits per heavy atom. The Labute approximate surface area is 134 Å². The summed E-state index contributed by atoms with van der Waals surface area (Å²) in [5.74, 6) is 0. The third-order valence-electron chi connectivity index (χ3n) is 2.95. The summed E-state index contributed by atoms with van der Waals surface area (Å²) in [6.45, 7) is -0.0629. The van der Waals surface area contributed by atoms with Gasteiger partial charge in [0.2, 0.25) is 0 Å². The van der Waals surface area contributed by atoms with Gasteiger partial charge in [-0.3, -0.25) is 9.36 Å². The maximum absolute atomic E-state index is 12.5. The van der Waals surface area contributed by atoms with E-state index in [1.54, 1.807) is 42.6 Å². The Morgan fingerprint density at radius 2 is 2.09 bits per heavy atom. The summed E-state index contributed by atoms with van der Waals surface area (Å²) in [5.41, 5.74) is 0.387. The number of halogens is 1. The van der Waals surface area contributed by atoms with E-state index in [1.807, 2.05) is 6.07 Å². The molecule has 108 valence electrons.